The number of aromatic nitrogens is 2. The molecule has 1 N–H and O–H groups in total. The maximum Gasteiger partial charge on any atom is 0.269 e. The van der Waals surface area contributed by atoms with Gasteiger partial charge in [-0.1, -0.05) is 28.8 Å². The van der Waals surface area contributed by atoms with Gasteiger partial charge in [0, 0.05) is 25.1 Å². The topological polar surface area (TPSA) is 46.9 Å². The number of aryl methyl sites for hydroxylation is 1. The number of halogens is 1. The Labute approximate surface area is 110 Å². The van der Waals surface area contributed by atoms with Crippen LogP contribution < -0.4 is 5.32 Å². The van der Waals surface area contributed by atoms with Crippen LogP contribution >= 0.6 is 15.9 Å². The van der Waals surface area contributed by atoms with Crippen LogP contribution in [0.1, 0.15) is 36.2 Å². The Morgan fingerprint density at radius 3 is 2.82 bits per heavy atom. The van der Waals surface area contributed by atoms with E-state index >= 15 is 0 Å². The minimum atomic E-state index is -0.0303. The molecule has 1 saturated carbocycles. The van der Waals surface area contributed by atoms with Crippen molar-refractivity contribution in [1.82, 2.24) is 15.1 Å². The van der Waals surface area contributed by atoms with E-state index in [1.165, 1.54) is 25.7 Å². The van der Waals surface area contributed by atoms with Gasteiger partial charge in [-0.3, -0.25) is 9.48 Å². The summed E-state index contributed by atoms with van der Waals surface area (Å²) in [5.41, 5.74) is 0.876. The van der Waals surface area contributed by atoms with Crippen LogP contribution in [0.2, 0.25) is 0 Å². The highest BCUT2D eigenvalue weighted by molar-refractivity contribution is 9.09. The van der Waals surface area contributed by atoms with Crippen molar-refractivity contribution < 1.29 is 4.79 Å². The predicted octanol–water partition coefficient (Wildman–Crippen LogP) is 2.11. The van der Waals surface area contributed by atoms with Crippen LogP contribution in [-0.2, 0) is 7.05 Å². The number of alkyl halides is 1. The van der Waals surface area contributed by atoms with E-state index in [9.17, 15) is 4.79 Å². The third-order valence-corrected chi connectivity index (χ3v) is 4.81. The van der Waals surface area contributed by atoms with Gasteiger partial charge in [0.25, 0.3) is 5.91 Å². The quantitative estimate of drug-likeness (QED) is 0.866. The van der Waals surface area contributed by atoms with E-state index in [4.69, 9.17) is 0 Å². The Balaban J connectivity index is 1.94. The highest BCUT2D eigenvalue weighted by Crippen LogP contribution is 2.38. The van der Waals surface area contributed by atoms with Crippen molar-refractivity contribution >= 4 is 21.8 Å². The Hall–Kier alpha value is -0.840. The molecule has 1 heterocycles. The largest absolute Gasteiger partial charge is 0.350 e. The van der Waals surface area contributed by atoms with E-state index in [0.29, 0.717) is 5.69 Å². The average molecular weight is 300 g/mol. The van der Waals surface area contributed by atoms with Gasteiger partial charge in [-0.2, -0.15) is 5.10 Å². The standard InChI is InChI=1S/C12H18BrN3O/c1-16-10(4-7-15-16)11(17)14-9-12(8-13)5-2-3-6-12/h4,7H,2-3,5-6,8-9H2,1H3,(H,14,17). The molecule has 0 aromatic carbocycles. The van der Waals surface area contributed by atoms with Gasteiger partial charge in [0.15, 0.2) is 0 Å². The fraction of sp³-hybridized carbons (Fsp3) is 0.667. The minimum absolute atomic E-state index is 0.0303. The molecular weight excluding hydrogens is 282 g/mol. The molecule has 0 atom stereocenters. The van der Waals surface area contributed by atoms with Gasteiger partial charge in [0.1, 0.15) is 5.69 Å². The molecule has 2 rings (SSSR count). The van der Waals surface area contributed by atoms with Crippen LogP contribution in [0, 0.1) is 5.41 Å². The van der Waals surface area contributed by atoms with Gasteiger partial charge in [0.2, 0.25) is 0 Å². The van der Waals surface area contributed by atoms with Crippen LogP contribution in [0.4, 0.5) is 0 Å². The van der Waals surface area contributed by atoms with Crippen LogP contribution in [-0.4, -0.2) is 27.6 Å². The van der Waals surface area contributed by atoms with E-state index in [0.717, 1.165) is 11.9 Å². The second-order valence-corrected chi connectivity index (χ2v) is 5.42. The monoisotopic (exact) mass is 299 g/mol. The van der Waals surface area contributed by atoms with Crippen LogP contribution in [0.3, 0.4) is 0 Å². The normalized spacial score (nSPS) is 18.2. The summed E-state index contributed by atoms with van der Waals surface area (Å²) in [4.78, 5) is 12.0. The Morgan fingerprint density at radius 2 is 2.29 bits per heavy atom. The van der Waals surface area contributed by atoms with E-state index in [1.807, 2.05) is 0 Å². The molecule has 0 saturated heterocycles. The van der Waals surface area contributed by atoms with Gasteiger partial charge in [-0.05, 0) is 24.3 Å². The van der Waals surface area contributed by atoms with E-state index in [2.05, 4.69) is 26.3 Å². The maximum atomic E-state index is 12.0. The number of carbonyl (C=O) groups excluding carboxylic acids is 1. The van der Waals surface area contributed by atoms with Crippen LogP contribution in [0.5, 0.6) is 0 Å². The molecule has 0 bridgehead atoms. The summed E-state index contributed by atoms with van der Waals surface area (Å²) in [6.45, 7) is 0.752. The van der Waals surface area contributed by atoms with Crippen LogP contribution in [0.25, 0.3) is 0 Å². The first-order valence-electron chi connectivity index (χ1n) is 5.99. The Morgan fingerprint density at radius 1 is 1.59 bits per heavy atom. The fourth-order valence-corrected chi connectivity index (χ4v) is 3.20. The van der Waals surface area contributed by atoms with Gasteiger partial charge in [-0.15, -0.1) is 0 Å². The third kappa shape index (κ3) is 2.70. The lowest BCUT2D eigenvalue weighted by Crippen LogP contribution is -2.37. The summed E-state index contributed by atoms with van der Waals surface area (Å²) in [5.74, 6) is -0.0303. The zero-order chi connectivity index (χ0) is 12.3. The zero-order valence-electron chi connectivity index (χ0n) is 10.1. The molecule has 0 unspecified atom stereocenters. The lowest BCUT2D eigenvalue weighted by Gasteiger charge is -2.26. The predicted molar refractivity (Wildman–Crippen MR) is 70.2 cm³/mol. The summed E-state index contributed by atoms with van der Waals surface area (Å²) in [6, 6.07) is 1.74. The van der Waals surface area contributed by atoms with Gasteiger partial charge >= 0.3 is 0 Å². The highest BCUT2D eigenvalue weighted by atomic mass is 79.9. The molecule has 5 heteroatoms. The summed E-state index contributed by atoms with van der Waals surface area (Å²) in [6.07, 6.45) is 6.58. The summed E-state index contributed by atoms with van der Waals surface area (Å²) >= 11 is 3.58. The van der Waals surface area contributed by atoms with Crippen molar-refractivity contribution in [2.75, 3.05) is 11.9 Å². The highest BCUT2D eigenvalue weighted by Gasteiger charge is 2.33. The zero-order valence-corrected chi connectivity index (χ0v) is 11.7. The number of carbonyl (C=O) groups is 1. The van der Waals surface area contributed by atoms with E-state index < -0.39 is 0 Å². The smallest absolute Gasteiger partial charge is 0.269 e. The number of hydrogen-bond donors (Lipinski definition) is 1. The summed E-state index contributed by atoms with van der Waals surface area (Å²) < 4.78 is 1.60. The molecular formula is C12H18BrN3O. The van der Waals surface area contributed by atoms with Crippen molar-refractivity contribution in [2.45, 2.75) is 25.7 Å². The van der Waals surface area contributed by atoms with Crippen molar-refractivity contribution in [3.05, 3.63) is 18.0 Å². The second kappa shape index (κ2) is 5.21. The first-order chi connectivity index (χ1) is 8.17. The molecule has 1 fully saturated rings. The van der Waals surface area contributed by atoms with E-state index in [1.54, 1.807) is 24.0 Å². The van der Waals surface area contributed by atoms with Gasteiger partial charge in [-0.25, -0.2) is 0 Å². The van der Waals surface area contributed by atoms with Crippen molar-refractivity contribution in [2.24, 2.45) is 12.5 Å². The molecule has 4 nitrogen and oxygen atoms in total. The summed E-state index contributed by atoms with van der Waals surface area (Å²) in [5, 5.41) is 8.00. The first kappa shape index (κ1) is 12.6. The molecule has 0 aliphatic heterocycles. The minimum Gasteiger partial charge on any atom is -0.350 e. The van der Waals surface area contributed by atoms with Crippen molar-refractivity contribution in [3.63, 3.8) is 0 Å². The summed E-state index contributed by atoms with van der Waals surface area (Å²) in [7, 11) is 1.78. The van der Waals surface area contributed by atoms with Gasteiger partial charge in [0.05, 0.1) is 0 Å². The van der Waals surface area contributed by atoms with E-state index in [-0.39, 0.29) is 11.3 Å². The molecule has 1 aromatic rings. The Kier molecular flexibility index (Phi) is 3.86. The first-order valence-corrected chi connectivity index (χ1v) is 7.11. The molecule has 1 amide bonds. The lowest BCUT2D eigenvalue weighted by molar-refractivity contribution is 0.0926. The SMILES string of the molecule is Cn1nccc1C(=O)NCC1(CBr)CCCC1. The van der Waals surface area contributed by atoms with Crippen LogP contribution in [0.15, 0.2) is 12.3 Å². The maximum absolute atomic E-state index is 12.0. The molecule has 1 aliphatic rings. The number of rotatable bonds is 4. The average Bonchev–Trinajstić information content (AvgIpc) is 2.95. The van der Waals surface area contributed by atoms with Crippen molar-refractivity contribution in [3.8, 4) is 0 Å². The number of nitrogens with one attached hydrogen (secondary N) is 1. The third-order valence-electron chi connectivity index (χ3n) is 3.63. The fourth-order valence-electron chi connectivity index (χ4n) is 2.44. The second-order valence-electron chi connectivity index (χ2n) is 4.86. The van der Waals surface area contributed by atoms with Crippen molar-refractivity contribution in [1.29, 1.82) is 0 Å². The lowest BCUT2D eigenvalue weighted by atomic mass is 9.89. The molecule has 17 heavy (non-hydrogen) atoms. The number of hydrogen-bond acceptors (Lipinski definition) is 2. The Bertz CT molecular complexity index is 396. The molecule has 0 radical (unpaired) electrons. The molecule has 1 aromatic heterocycles. The molecule has 1 aliphatic carbocycles. The number of nitrogens with zero attached hydrogens (tertiary/aromatic N) is 2. The van der Waals surface area contributed by atoms with Gasteiger partial charge < -0.3 is 5.32 Å². The molecule has 94 valence electrons. The number of amides is 1. The molecule has 0 spiro atoms.